The van der Waals surface area contributed by atoms with E-state index >= 15 is 0 Å². The Morgan fingerprint density at radius 3 is 1.79 bits per heavy atom. The van der Waals surface area contributed by atoms with E-state index in [2.05, 4.69) is 5.16 Å². The summed E-state index contributed by atoms with van der Waals surface area (Å²) < 4.78 is 24.7. The smallest absolute Gasteiger partial charge is 0.379 e. The maximum absolute atomic E-state index is 13.4. The molecule has 0 aromatic carbocycles. The average Bonchev–Trinajstić information content (AvgIpc) is 2.41. The van der Waals surface area contributed by atoms with Crippen molar-refractivity contribution < 1.29 is 18.8 Å². The molecule has 4 aliphatic rings. The fourth-order valence-corrected chi connectivity index (χ4v) is 7.77. The molecular formula is C18H32NO4P. The van der Waals surface area contributed by atoms with Crippen LogP contribution in [0.4, 0.5) is 0 Å². The topological polar surface area (TPSA) is 68.1 Å². The van der Waals surface area contributed by atoms with Crippen molar-refractivity contribution in [2.75, 3.05) is 0 Å². The Balaban J connectivity index is 1.81. The molecule has 0 amide bonds. The Hall–Kier alpha value is -0.380. The fourth-order valence-electron chi connectivity index (χ4n) is 5.73. The summed E-state index contributed by atoms with van der Waals surface area (Å²) in [6, 6.07) is 0. The van der Waals surface area contributed by atoms with Crippen LogP contribution in [0, 0.1) is 23.2 Å². The highest BCUT2D eigenvalue weighted by Crippen LogP contribution is 2.64. The first-order chi connectivity index (χ1) is 11.2. The largest absolute Gasteiger partial charge is 0.410 e. The minimum absolute atomic E-state index is 0.132. The van der Waals surface area contributed by atoms with Gasteiger partial charge in [0.25, 0.3) is 0 Å². The molecule has 0 spiro atoms. The van der Waals surface area contributed by atoms with E-state index in [0.717, 1.165) is 17.8 Å². The molecule has 4 fully saturated rings. The fraction of sp³-hybridized carbons (Fsp3) is 0.944. The van der Waals surface area contributed by atoms with Crippen molar-refractivity contribution in [2.24, 2.45) is 28.3 Å². The molecule has 0 aromatic heterocycles. The highest BCUT2D eigenvalue weighted by atomic mass is 31.2. The monoisotopic (exact) mass is 357 g/mol. The van der Waals surface area contributed by atoms with Gasteiger partial charge in [0.2, 0.25) is 0 Å². The first-order valence-corrected chi connectivity index (χ1v) is 11.0. The first-order valence-electron chi connectivity index (χ1n) is 9.42. The molecule has 24 heavy (non-hydrogen) atoms. The molecule has 6 heteroatoms. The number of hydrogen-bond donors (Lipinski definition) is 1. The van der Waals surface area contributed by atoms with Crippen molar-refractivity contribution >= 4 is 13.0 Å². The zero-order chi connectivity index (χ0) is 17.5. The third-order valence-corrected chi connectivity index (χ3v) is 8.11. The van der Waals surface area contributed by atoms with Gasteiger partial charge in [0, 0.05) is 6.42 Å². The second-order valence-corrected chi connectivity index (χ2v) is 10.8. The molecular weight excluding hydrogens is 325 g/mol. The number of oxime groups is 1. The van der Waals surface area contributed by atoms with Gasteiger partial charge in [0.1, 0.15) is 0 Å². The summed E-state index contributed by atoms with van der Waals surface area (Å²) in [7, 11) is -3.56. The maximum atomic E-state index is 13.4. The molecule has 0 atom stereocenters. The Labute approximate surface area is 145 Å². The zero-order valence-corrected chi connectivity index (χ0v) is 16.3. The van der Waals surface area contributed by atoms with Crippen LogP contribution in [0.25, 0.3) is 0 Å². The van der Waals surface area contributed by atoms with Gasteiger partial charge in [0.15, 0.2) is 5.45 Å². The van der Waals surface area contributed by atoms with Gasteiger partial charge < -0.3 is 14.3 Å². The Morgan fingerprint density at radius 2 is 1.46 bits per heavy atom. The summed E-state index contributed by atoms with van der Waals surface area (Å²) >= 11 is 0. The predicted octanol–water partition coefficient (Wildman–Crippen LogP) is 5.42. The van der Waals surface area contributed by atoms with Gasteiger partial charge in [-0.05, 0) is 89.4 Å². The van der Waals surface area contributed by atoms with Crippen molar-refractivity contribution in [3.05, 3.63) is 0 Å². The lowest BCUT2D eigenvalue weighted by molar-refractivity contribution is -0.0483. The molecule has 1 N–H and O–H groups in total. The van der Waals surface area contributed by atoms with E-state index in [1.807, 2.05) is 27.7 Å². The van der Waals surface area contributed by atoms with Crippen LogP contribution in [0.5, 0.6) is 0 Å². The van der Waals surface area contributed by atoms with E-state index in [0.29, 0.717) is 6.42 Å². The molecule has 5 nitrogen and oxygen atoms in total. The van der Waals surface area contributed by atoms with Crippen LogP contribution in [0.2, 0.25) is 0 Å². The van der Waals surface area contributed by atoms with E-state index < -0.39 is 7.60 Å². The van der Waals surface area contributed by atoms with E-state index in [1.165, 1.54) is 38.5 Å². The van der Waals surface area contributed by atoms with Gasteiger partial charge in [-0.25, -0.2) is 0 Å². The van der Waals surface area contributed by atoms with Gasteiger partial charge in [-0.3, -0.25) is 4.57 Å². The third kappa shape index (κ3) is 3.73. The minimum Gasteiger partial charge on any atom is -0.410 e. The van der Waals surface area contributed by atoms with Gasteiger partial charge in [0.05, 0.1) is 12.2 Å². The van der Waals surface area contributed by atoms with Crippen LogP contribution < -0.4 is 0 Å². The molecule has 0 unspecified atom stereocenters. The lowest BCUT2D eigenvalue weighted by Crippen LogP contribution is -2.47. The lowest BCUT2D eigenvalue weighted by Gasteiger charge is -2.57. The van der Waals surface area contributed by atoms with Gasteiger partial charge >= 0.3 is 7.60 Å². The minimum atomic E-state index is -3.56. The summed E-state index contributed by atoms with van der Waals surface area (Å²) in [4.78, 5) is 0. The number of nitrogens with zero attached hydrogens (tertiary/aromatic N) is 1. The zero-order valence-electron chi connectivity index (χ0n) is 15.4. The maximum Gasteiger partial charge on any atom is 0.379 e. The van der Waals surface area contributed by atoms with Crippen LogP contribution in [-0.4, -0.2) is 22.9 Å². The SMILES string of the molecule is CC(C)OP(=O)(OC(C)C)C(CC12CC3CC(CC(C3)C1)C2)=NO. The molecule has 0 saturated heterocycles. The van der Waals surface area contributed by atoms with E-state index in [4.69, 9.17) is 9.05 Å². The second-order valence-electron chi connectivity index (χ2n) is 8.92. The Morgan fingerprint density at radius 1 is 1.04 bits per heavy atom. The van der Waals surface area contributed by atoms with Crippen LogP contribution in [0.15, 0.2) is 5.16 Å². The van der Waals surface area contributed by atoms with Gasteiger partial charge in [-0.15, -0.1) is 0 Å². The van der Waals surface area contributed by atoms with E-state index in [1.54, 1.807) is 0 Å². The molecule has 4 rings (SSSR count). The summed E-state index contributed by atoms with van der Waals surface area (Å²) in [5.41, 5.74) is 0.360. The van der Waals surface area contributed by atoms with Gasteiger partial charge in [-0.2, -0.15) is 0 Å². The first kappa shape index (κ1) is 18.4. The molecule has 4 aliphatic carbocycles. The lowest BCUT2D eigenvalue weighted by atomic mass is 9.49. The van der Waals surface area contributed by atoms with Crippen molar-refractivity contribution in [2.45, 2.75) is 84.8 Å². The summed E-state index contributed by atoms with van der Waals surface area (Å²) in [6.07, 6.45) is 7.62. The normalized spacial score (nSPS) is 36.1. The van der Waals surface area contributed by atoms with Crippen molar-refractivity contribution in [3.63, 3.8) is 0 Å². The summed E-state index contributed by atoms with van der Waals surface area (Å²) in [5, 5.41) is 13.1. The molecule has 4 bridgehead atoms. The van der Waals surface area contributed by atoms with Crippen molar-refractivity contribution in [3.8, 4) is 0 Å². The van der Waals surface area contributed by atoms with Crippen LogP contribution in [-0.2, 0) is 13.6 Å². The Kier molecular flexibility index (Phi) is 5.17. The average molecular weight is 357 g/mol. The van der Waals surface area contributed by atoms with E-state index in [-0.39, 0.29) is 23.1 Å². The van der Waals surface area contributed by atoms with Crippen LogP contribution in [0.1, 0.15) is 72.6 Å². The number of hydrogen-bond acceptors (Lipinski definition) is 5. The van der Waals surface area contributed by atoms with Gasteiger partial charge in [-0.1, -0.05) is 5.16 Å². The summed E-state index contributed by atoms with van der Waals surface area (Å²) in [6.45, 7) is 7.32. The Bertz CT molecular complexity index is 494. The molecule has 0 aromatic rings. The van der Waals surface area contributed by atoms with E-state index in [9.17, 15) is 9.77 Å². The quantitative estimate of drug-likeness (QED) is 0.286. The molecule has 0 radical (unpaired) electrons. The second kappa shape index (κ2) is 6.74. The molecule has 4 saturated carbocycles. The van der Waals surface area contributed by atoms with Crippen LogP contribution >= 0.6 is 7.60 Å². The standard InChI is InChI=1S/C18H32NO4P/c1-12(2)22-24(21,23-13(3)4)17(19-20)11-18-8-14-5-15(9-18)7-16(6-14)10-18/h12-16,20H,5-11H2,1-4H3. The molecule has 0 aliphatic heterocycles. The number of rotatable bonds is 7. The highest BCUT2D eigenvalue weighted by molar-refractivity contribution is 7.72. The summed E-state index contributed by atoms with van der Waals surface area (Å²) in [5.74, 6) is 2.40. The van der Waals surface area contributed by atoms with Crippen LogP contribution in [0.3, 0.4) is 0 Å². The third-order valence-electron chi connectivity index (χ3n) is 5.83. The highest BCUT2D eigenvalue weighted by Gasteiger charge is 2.53. The van der Waals surface area contributed by atoms with Crippen molar-refractivity contribution in [1.29, 1.82) is 0 Å². The molecule has 0 heterocycles. The molecule has 138 valence electrons. The van der Waals surface area contributed by atoms with Crippen molar-refractivity contribution in [1.82, 2.24) is 0 Å². The predicted molar refractivity (Wildman–Crippen MR) is 94.5 cm³/mol.